The van der Waals surface area contributed by atoms with Gasteiger partial charge in [0.1, 0.15) is 12.4 Å². The van der Waals surface area contributed by atoms with E-state index in [1.807, 2.05) is 6.92 Å². The molecular weight excluding hydrogens is 340 g/mol. The maximum atomic E-state index is 12.6. The quantitative estimate of drug-likeness (QED) is 0.739. The monoisotopic (exact) mass is 376 g/mol. The molecule has 3 N–H and O–H groups in total. The van der Waals surface area contributed by atoms with Crippen molar-refractivity contribution in [2.45, 2.75) is 90.2 Å². The largest absolute Gasteiger partial charge is 0.394 e. The molecule has 0 spiro atoms. The van der Waals surface area contributed by atoms with Gasteiger partial charge in [0.25, 0.3) is 0 Å². The van der Waals surface area contributed by atoms with E-state index in [-0.39, 0.29) is 22.8 Å². The van der Waals surface area contributed by atoms with Gasteiger partial charge in [-0.25, -0.2) is 0 Å². The number of nitrogens with zero attached hydrogens (tertiary/aromatic N) is 1. The summed E-state index contributed by atoms with van der Waals surface area (Å²) in [7, 11) is 0. The molecule has 27 heavy (non-hydrogen) atoms. The fourth-order valence-electron chi connectivity index (χ4n) is 7.24. The van der Waals surface area contributed by atoms with Crippen molar-refractivity contribution in [1.29, 1.82) is 0 Å². The molecular formula is C22H36N2O3. The molecule has 5 heteroatoms. The molecule has 152 valence electrons. The lowest BCUT2D eigenvalue weighted by Gasteiger charge is -2.63. The second-order valence-electron chi connectivity index (χ2n) is 10.4. The Hall–Kier alpha value is -0.940. The van der Waals surface area contributed by atoms with Crippen molar-refractivity contribution in [2.75, 3.05) is 6.61 Å². The van der Waals surface area contributed by atoms with Crippen LogP contribution in [0.5, 0.6) is 0 Å². The Labute approximate surface area is 163 Å². The van der Waals surface area contributed by atoms with Crippen LogP contribution in [0.3, 0.4) is 0 Å². The number of ketones is 1. The van der Waals surface area contributed by atoms with Crippen molar-refractivity contribution in [1.82, 2.24) is 0 Å². The minimum absolute atomic E-state index is 0.00133. The van der Waals surface area contributed by atoms with Gasteiger partial charge in [0.2, 0.25) is 0 Å². The molecule has 0 aliphatic heterocycles. The van der Waals surface area contributed by atoms with Crippen LogP contribution in [0.4, 0.5) is 0 Å². The smallest absolute Gasteiger partial charge is 0.139 e. The third-order valence-corrected chi connectivity index (χ3v) is 8.81. The number of hydrogen-bond acceptors (Lipinski definition) is 5. The molecule has 4 rings (SSSR count). The van der Waals surface area contributed by atoms with E-state index in [4.69, 9.17) is 10.6 Å². The molecule has 0 bridgehead atoms. The standard InChI is InChI=1S/C22H36N2O3/c1-14(23)13-27-24-16-7-9-20(2)15(12-16)6-11-22(26)17-4-5-19(25)21(17,3)10-8-18(20)22/h14-15,17-18,26H,4-13,23H2,1-3H3/b24-16-/t14?,15?,17-,18-,20+,21+,22+/m1/s1. The summed E-state index contributed by atoms with van der Waals surface area (Å²) in [5.41, 5.74) is 6.08. The van der Waals surface area contributed by atoms with Crippen molar-refractivity contribution in [3.05, 3.63) is 0 Å². The summed E-state index contributed by atoms with van der Waals surface area (Å²) in [5.74, 6) is 1.39. The second-order valence-corrected chi connectivity index (χ2v) is 10.4. The van der Waals surface area contributed by atoms with Gasteiger partial charge in [-0.2, -0.15) is 0 Å². The highest BCUT2D eigenvalue weighted by Crippen LogP contribution is 2.66. The molecule has 4 fully saturated rings. The number of rotatable bonds is 3. The predicted octanol–water partition coefficient (Wildman–Crippen LogP) is 3.43. The van der Waals surface area contributed by atoms with Crippen LogP contribution in [-0.4, -0.2) is 34.9 Å². The van der Waals surface area contributed by atoms with E-state index in [9.17, 15) is 9.90 Å². The topological polar surface area (TPSA) is 84.9 Å². The summed E-state index contributed by atoms with van der Waals surface area (Å²) in [6, 6.07) is -0.00133. The Kier molecular flexibility index (Phi) is 4.70. The van der Waals surface area contributed by atoms with E-state index in [0.29, 0.717) is 30.6 Å². The summed E-state index contributed by atoms with van der Waals surface area (Å²) in [6.45, 7) is 6.90. The van der Waals surface area contributed by atoms with Crippen LogP contribution in [0.2, 0.25) is 0 Å². The molecule has 4 saturated carbocycles. The van der Waals surface area contributed by atoms with Crippen LogP contribution in [-0.2, 0) is 9.63 Å². The fraction of sp³-hybridized carbons (Fsp3) is 0.909. The minimum Gasteiger partial charge on any atom is -0.394 e. The van der Waals surface area contributed by atoms with Crippen LogP contribution in [0.25, 0.3) is 0 Å². The molecule has 0 heterocycles. The van der Waals surface area contributed by atoms with Gasteiger partial charge < -0.3 is 15.7 Å². The highest BCUT2D eigenvalue weighted by molar-refractivity contribution is 5.87. The maximum absolute atomic E-state index is 12.6. The summed E-state index contributed by atoms with van der Waals surface area (Å²) in [5, 5.41) is 16.3. The lowest BCUT2D eigenvalue weighted by molar-refractivity contribution is -0.211. The SMILES string of the molecule is CC(N)CO/N=C1/CC[C@@]2(C)C(CC[C@@]3(O)[C@@H]2CC[C@]2(C)C(=O)CC[C@@H]32)C1. The van der Waals surface area contributed by atoms with Gasteiger partial charge in [0.05, 0.1) is 11.3 Å². The lowest BCUT2D eigenvalue weighted by Crippen LogP contribution is -2.63. The first-order valence-electron chi connectivity index (χ1n) is 10.9. The third kappa shape index (κ3) is 2.88. The maximum Gasteiger partial charge on any atom is 0.139 e. The molecule has 0 aromatic carbocycles. The van der Waals surface area contributed by atoms with Gasteiger partial charge in [0, 0.05) is 23.8 Å². The summed E-state index contributed by atoms with van der Waals surface area (Å²) in [6.07, 6.45) is 8.30. The molecule has 2 unspecified atom stereocenters. The number of hydrogen-bond donors (Lipinski definition) is 2. The van der Waals surface area contributed by atoms with Gasteiger partial charge in [-0.05, 0) is 75.5 Å². The number of aliphatic hydroxyl groups is 1. The first-order chi connectivity index (χ1) is 12.7. The van der Waals surface area contributed by atoms with E-state index in [0.717, 1.165) is 57.1 Å². The van der Waals surface area contributed by atoms with E-state index >= 15 is 0 Å². The first kappa shape index (κ1) is 19.4. The molecule has 0 radical (unpaired) electrons. The summed E-state index contributed by atoms with van der Waals surface area (Å²) in [4.78, 5) is 18.0. The van der Waals surface area contributed by atoms with Crippen molar-refractivity contribution in [2.24, 2.45) is 39.5 Å². The van der Waals surface area contributed by atoms with E-state index in [1.54, 1.807) is 0 Å². The highest BCUT2D eigenvalue weighted by Gasteiger charge is 2.66. The van der Waals surface area contributed by atoms with Crippen LogP contribution in [0, 0.1) is 28.6 Å². The molecule has 7 atom stereocenters. The van der Waals surface area contributed by atoms with Crippen molar-refractivity contribution >= 4 is 11.5 Å². The number of carbonyl (C=O) groups excluding carboxylic acids is 1. The Morgan fingerprint density at radius 3 is 2.70 bits per heavy atom. The first-order valence-corrected chi connectivity index (χ1v) is 10.9. The third-order valence-electron chi connectivity index (χ3n) is 8.81. The zero-order valence-corrected chi connectivity index (χ0v) is 17.2. The van der Waals surface area contributed by atoms with E-state index < -0.39 is 5.60 Å². The summed E-state index contributed by atoms with van der Waals surface area (Å²) >= 11 is 0. The lowest BCUT2D eigenvalue weighted by atomic mass is 9.43. The van der Waals surface area contributed by atoms with E-state index in [1.165, 1.54) is 0 Å². The van der Waals surface area contributed by atoms with Crippen molar-refractivity contribution in [3.63, 3.8) is 0 Å². The number of carbonyl (C=O) groups is 1. The fourth-order valence-corrected chi connectivity index (χ4v) is 7.24. The number of nitrogens with two attached hydrogens (primary N) is 1. The van der Waals surface area contributed by atoms with E-state index in [2.05, 4.69) is 19.0 Å². The molecule has 0 saturated heterocycles. The molecule has 5 nitrogen and oxygen atoms in total. The molecule has 0 aromatic rings. The predicted molar refractivity (Wildman–Crippen MR) is 105 cm³/mol. The summed E-state index contributed by atoms with van der Waals surface area (Å²) < 4.78 is 0. The normalized spacial score (nSPS) is 49.3. The number of Topliss-reactive ketones (excluding diaryl/α,β-unsaturated/α-hetero) is 1. The van der Waals surface area contributed by atoms with Gasteiger partial charge in [-0.3, -0.25) is 4.79 Å². The minimum atomic E-state index is -0.662. The zero-order valence-electron chi connectivity index (χ0n) is 17.2. The average Bonchev–Trinajstić information content (AvgIpc) is 2.91. The van der Waals surface area contributed by atoms with Crippen LogP contribution in [0.15, 0.2) is 5.16 Å². The molecule has 4 aliphatic rings. The second kappa shape index (κ2) is 6.55. The Balaban J connectivity index is 1.53. The van der Waals surface area contributed by atoms with Gasteiger partial charge in [-0.15, -0.1) is 0 Å². The number of oxime groups is 1. The zero-order chi connectivity index (χ0) is 19.4. The van der Waals surface area contributed by atoms with Crippen molar-refractivity contribution in [3.8, 4) is 0 Å². The van der Waals surface area contributed by atoms with Crippen LogP contribution >= 0.6 is 0 Å². The Morgan fingerprint density at radius 2 is 1.96 bits per heavy atom. The Morgan fingerprint density at radius 1 is 1.19 bits per heavy atom. The van der Waals surface area contributed by atoms with Gasteiger partial charge in [0.15, 0.2) is 0 Å². The van der Waals surface area contributed by atoms with Gasteiger partial charge >= 0.3 is 0 Å². The molecule has 0 aromatic heterocycles. The van der Waals surface area contributed by atoms with Crippen LogP contribution in [0.1, 0.15) is 78.6 Å². The number of fused-ring (bicyclic) bond motifs is 5. The van der Waals surface area contributed by atoms with Gasteiger partial charge in [-0.1, -0.05) is 19.0 Å². The molecule has 4 aliphatic carbocycles. The Bertz CT molecular complexity index is 647. The highest BCUT2D eigenvalue weighted by atomic mass is 16.6. The molecule has 0 amide bonds. The van der Waals surface area contributed by atoms with Crippen molar-refractivity contribution < 1.29 is 14.7 Å². The average molecular weight is 377 g/mol. The van der Waals surface area contributed by atoms with Crippen LogP contribution < -0.4 is 5.73 Å².